The van der Waals surface area contributed by atoms with Gasteiger partial charge in [-0.2, -0.15) is 0 Å². The highest BCUT2D eigenvalue weighted by Crippen LogP contribution is 2.39. The molecule has 0 aliphatic carbocycles. The van der Waals surface area contributed by atoms with Gasteiger partial charge in [-0.15, -0.1) is 0 Å². The van der Waals surface area contributed by atoms with Crippen LogP contribution in [0.5, 0.6) is 0 Å². The van der Waals surface area contributed by atoms with E-state index in [1.54, 1.807) is 12.3 Å². The van der Waals surface area contributed by atoms with Gasteiger partial charge in [0, 0.05) is 57.3 Å². The van der Waals surface area contributed by atoms with E-state index in [0.717, 1.165) is 23.5 Å². The molecule has 1 amide bonds. The second kappa shape index (κ2) is 10.7. The van der Waals surface area contributed by atoms with Gasteiger partial charge in [0.15, 0.2) is 5.69 Å². The molecule has 2 aromatic heterocycles. The van der Waals surface area contributed by atoms with Gasteiger partial charge in [-0.25, -0.2) is 13.8 Å². The lowest BCUT2D eigenvalue weighted by molar-refractivity contribution is -0.0682. The quantitative estimate of drug-likeness (QED) is 0.316. The number of aliphatic hydroxyl groups excluding tert-OH is 1. The lowest BCUT2D eigenvalue weighted by atomic mass is 9.86. The Kier molecular flexibility index (Phi) is 7.53. The molecule has 2 aliphatic rings. The van der Waals surface area contributed by atoms with Crippen LogP contribution in [0.15, 0.2) is 30.6 Å². The Morgan fingerprint density at radius 3 is 2.62 bits per heavy atom. The Labute approximate surface area is 227 Å². The minimum absolute atomic E-state index is 0.0180. The van der Waals surface area contributed by atoms with Crippen molar-refractivity contribution in [3.8, 4) is 10.6 Å². The van der Waals surface area contributed by atoms with Crippen molar-refractivity contribution in [1.82, 2.24) is 9.97 Å². The molecule has 39 heavy (non-hydrogen) atoms. The number of nitrogens with one attached hydrogen (secondary N) is 1. The number of piperidine rings is 1. The smallest absolute Gasteiger partial charge is 0.277 e. The summed E-state index contributed by atoms with van der Waals surface area (Å²) >= 11 is 0.781. The van der Waals surface area contributed by atoms with Gasteiger partial charge < -0.3 is 36.6 Å². The number of ether oxygens (including phenoxy) is 1. The molecule has 7 N–H and O–H groups in total. The fraction of sp³-hybridized carbons (Fsp3) is 0.423. The average Bonchev–Trinajstić information content (AvgIpc) is 3.28. The highest BCUT2D eigenvalue weighted by atomic mass is 32.1. The predicted molar refractivity (Wildman–Crippen MR) is 143 cm³/mol. The predicted octanol–water partition coefficient (Wildman–Crippen LogP) is 2.46. The van der Waals surface area contributed by atoms with Crippen LogP contribution in [0.2, 0.25) is 0 Å². The summed E-state index contributed by atoms with van der Waals surface area (Å²) in [6.45, 7) is 3.35. The number of amides is 1. The van der Waals surface area contributed by atoms with Gasteiger partial charge in [-0.3, -0.25) is 9.78 Å². The van der Waals surface area contributed by atoms with Crippen molar-refractivity contribution >= 4 is 33.6 Å². The van der Waals surface area contributed by atoms with Crippen LogP contribution < -0.4 is 21.7 Å². The molecule has 3 aromatic rings. The normalized spacial score (nSPS) is 23.0. The second-order valence-electron chi connectivity index (χ2n) is 10.1. The number of hydrogen-bond acceptors (Lipinski definition) is 10. The Bertz CT molecular complexity index is 1350. The summed E-state index contributed by atoms with van der Waals surface area (Å²) in [5, 5.41) is 23.7. The van der Waals surface area contributed by atoms with Crippen molar-refractivity contribution < 1.29 is 28.5 Å². The minimum atomic E-state index is -1.39. The van der Waals surface area contributed by atoms with Crippen molar-refractivity contribution in [1.29, 1.82) is 0 Å². The largest absolute Gasteiger partial charge is 0.391 e. The average molecular weight is 561 g/mol. The number of hydrogen-bond donors (Lipinski definition) is 5. The molecule has 0 saturated carbocycles. The lowest BCUT2D eigenvalue weighted by Crippen LogP contribution is -2.55. The number of nitrogen functional groups attached to an aromatic ring is 1. The fourth-order valence-corrected chi connectivity index (χ4v) is 5.97. The zero-order valence-corrected chi connectivity index (χ0v) is 22.0. The summed E-state index contributed by atoms with van der Waals surface area (Å²) in [4.78, 5) is 23.4. The second-order valence-corrected chi connectivity index (χ2v) is 11.1. The molecule has 0 unspecified atom stereocenters. The number of nitrogens with two attached hydrogens (primary N) is 2. The third kappa shape index (κ3) is 5.32. The first-order valence-electron chi connectivity index (χ1n) is 12.6. The monoisotopic (exact) mass is 560 g/mol. The fourth-order valence-electron chi connectivity index (χ4n) is 5.10. The Morgan fingerprint density at radius 1 is 1.26 bits per heavy atom. The summed E-state index contributed by atoms with van der Waals surface area (Å²) in [5.41, 5.74) is 11.3. The van der Waals surface area contributed by atoms with Crippen molar-refractivity contribution in [2.24, 2.45) is 11.7 Å². The number of nitrogens with zero attached hydrogens (tertiary/aromatic N) is 3. The molecular formula is C26H30F2N6O4S. The molecule has 0 bridgehead atoms. The molecule has 10 nitrogen and oxygen atoms in total. The first-order chi connectivity index (χ1) is 18.6. The maximum atomic E-state index is 15.2. The molecule has 2 saturated heterocycles. The number of aromatic nitrogens is 2. The van der Waals surface area contributed by atoms with E-state index in [1.165, 1.54) is 6.20 Å². The highest BCUT2D eigenvalue weighted by Gasteiger charge is 2.35. The van der Waals surface area contributed by atoms with E-state index in [-0.39, 0.29) is 53.2 Å². The molecule has 4 heterocycles. The van der Waals surface area contributed by atoms with E-state index in [9.17, 15) is 15.0 Å². The van der Waals surface area contributed by atoms with Crippen LogP contribution in [0.1, 0.15) is 35.8 Å². The van der Waals surface area contributed by atoms with Gasteiger partial charge >= 0.3 is 0 Å². The van der Waals surface area contributed by atoms with E-state index in [2.05, 4.69) is 15.3 Å². The van der Waals surface area contributed by atoms with E-state index in [0.29, 0.717) is 24.5 Å². The Balaban J connectivity index is 1.40. The maximum Gasteiger partial charge on any atom is 0.277 e. The number of thiazole rings is 1. The summed E-state index contributed by atoms with van der Waals surface area (Å²) < 4.78 is 35.6. The standard InChI is InChI=1S/C26H30F2N6O4S/c1-13-11-34(12-17(29)22(13)35)19-2-5-31-10-18(19)32-24(36)21-23(30)39-25(33-21)20-15(27)8-14(9-16(20)28)26(37)3-6-38-7-4-26/h2,5,8-10,13,17,22,35,37H,3-4,6-7,11-12,29-30H2,1H3,(H,32,36)/t13-,17+,22+/m0/s1. The summed E-state index contributed by atoms with van der Waals surface area (Å²) in [7, 11) is 0. The lowest BCUT2D eigenvalue weighted by Gasteiger charge is -2.40. The van der Waals surface area contributed by atoms with Crippen molar-refractivity contribution in [2.75, 3.05) is 42.3 Å². The van der Waals surface area contributed by atoms with Gasteiger partial charge in [0.1, 0.15) is 21.6 Å². The minimum Gasteiger partial charge on any atom is -0.391 e. The molecular weight excluding hydrogens is 530 g/mol. The molecule has 2 fully saturated rings. The first kappa shape index (κ1) is 27.3. The van der Waals surface area contributed by atoms with Crippen LogP contribution in [0.4, 0.5) is 25.2 Å². The number of halogens is 2. The molecule has 5 rings (SSSR count). The van der Waals surface area contributed by atoms with Crippen molar-refractivity contribution in [3.63, 3.8) is 0 Å². The molecule has 208 valence electrons. The number of pyridine rings is 1. The number of rotatable bonds is 5. The molecule has 0 radical (unpaired) electrons. The molecule has 1 aromatic carbocycles. The molecule has 3 atom stereocenters. The number of benzene rings is 1. The molecule has 2 aliphatic heterocycles. The Morgan fingerprint density at radius 2 is 1.95 bits per heavy atom. The molecule has 13 heteroatoms. The summed E-state index contributed by atoms with van der Waals surface area (Å²) in [5.74, 6) is -2.60. The van der Waals surface area contributed by atoms with Crippen LogP contribution in [0.3, 0.4) is 0 Å². The van der Waals surface area contributed by atoms with Gasteiger partial charge in [-0.05, 0) is 23.8 Å². The van der Waals surface area contributed by atoms with Gasteiger partial charge in [-0.1, -0.05) is 18.3 Å². The number of carbonyl (C=O) groups excluding carboxylic acids is 1. The van der Waals surface area contributed by atoms with E-state index in [1.807, 2.05) is 11.8 Å². The number of aliphatic hydroxyl groups is 2. The number of anilines is 3. The van der Waals surface area contributed by atoms with Crippen LogP contribution in [0, 0.1) is 17.6 Å². The van der Waals surface area contributed by atoms with Crippen LogP contribution in [0.25, 0.3) is 10.6 Å². The van der Waals surface area contributed by atoms with Crippen LogP contribution >= 0.6 is 11.3 Å². The SMILES string of the molecule is C[C@H]1CN(c2ccncc2NC(=O)c2nc(-c3c(F)cc(C4(O)CCOCC4)cc3F)sc2N)C[C@@H](N)[C@@H]1O. The van der Waals surface area contributed by atoms with Gasteiger partial charge in [0.25, 0.3) is 5.91 Å². The third-order valence-corrected chi connectivity index (χ3v) is 8.23. The Hall–Kier alpha value is -3.23. The first-order valence-corrected chi connectivity index (χ1v) is 13.4. The van der Waals surface area contributed by atoms with Crippen LogP contribution in [-0.4, -0.2) is 64.5 Å². The van der Waals surface area contributed by atoms with Crippen molar-refractivity contribution in [3.05, 3.63) is 53.5 Å². The maximum absolute atomic E-state index is 15.2. The van der Waals surface area contributed by atoms with Crippen LogP contribution in [-0.2, 0) is 10.3 Å². The van der Waals surface area contributed by atoms with E-state index in [4.69, 9.17) is 16.2 Å². The van der Waals surface area contributed by atoms with E-state index < -0.39 is 40.9 Å². The highest BCUT2D eigenvalue weighted by molar-refractivity contribution is 7.19. The summed E-state index contributed by atoms with van der Waals surface area (Å²) in [6.07, 6.45) is 2.85. The van der Waals surface area contributed by atoms with Gasteiger partial charge in [0.05, 0.1) is 34.8 Å². The number of carbonyl (C=O) groups is 1. The zero-order valence-electron chi connectivity index (χ0n) is 21.2. The topological polar surface area (TPSA) is 160 Å². The van der Waals surface area contributed by atoms with E-state index >= 15 is 8.78 Å². The van der Waals surface area contributed by atoms with Crippen molar-refractivity contribution in [2.45, 2.75) is 37.5 Å². The zero-order chi connectivity index (χ0) is 27.9. The summed E-state index contributed by atoms with van der Waals surface area (Å²) in [6, 6.07) is 3.43. The third-order valence-electron chi connectivity index (χ3n) is 7.33. The molecule has 0 spiro atoms. The van der Waals surface area contributed by atoms with Gasteiger partial charge in [0.2, 0.25) is 0 Å².